The number of hydrogen-bond acceptors (Lipinski definition) is 3. The Kier molecular flexibility index (Phi) is 3.38. The predicted octanol–water partition coefficient (Wildman–Crippen LogP) is 2.36. The molecule has 1 spiro atoms. The fourth-order valence-electron chi connectivity index (χ4n) is 3.31. The number of phenols is 1. The van der Waals surface area contributed by atoms with Gasteiger partial charge in [-0.25, -0.2) is 0 Å². The first-order valence-corrected chi connectivity index (χ1v) is 7.39. The van der Waals surface area contributed by atoms with Crippen molar-refractivity contribution in [2.75, 3.05) is 26.7 Å². The minimum atomic E-state index is -0.0986. The molecule has 1 aromatic rings. The number of nitrogens with zero attached hydrogens (tertiary/aromatic N) is 2. The largest absolute Gasteiger partial charge is 0.507 e. The summed E-state index contributed by atoms with van der Waals surface area (Å²) in [7, 11) is 2.12. The highest BCUT2D eigenvalue weighted by molar-refractivity contribution is 6.30. The first-order valence-electron chi connectivity index (χ1n) is 7.01. The first kappa shape index (κ1) is 13.7. The van der Waals surface area contributed by atoms with Gasteiger partial charge in [0.2, 0.25) is 0 Å². The predicted molar refractivity (Wildman–Crippen MR) is 78.2 cm³/mol. The van der Waals surface area contributed by atoms with Crippen molar-refractivity contribution in [2.45, 2.75) is 24.8 Å². The number of benzene rings is 1. The Bertz CT molecular complexity index is 549. The Labute approximate surface area is 123 Å². The van der Waals surface area contributed by atoms with E-state index in [4.69, 9.17) is 11.6 Å². The molecule has 1 amide bonds. The molecule has 0 radical (unpaired) electrons. The van der Waals surface area contributed by atoms with E-state index in [0.29, 0.717) is 10.6 Å². The average molecular weight is 295 g/mol. The molecular formula is C15H19ClN2O2. The van der Waals surface area contributed by atoms with Crippen LogP contribution in [0.3, 0.4) is 0 Å². The van der Waals surface area contributed by atoms with E-state index < -0.39 is 0 Å². The monoisotopic (exact) mass is 294 g/mol. The molecule has 0 saturated carbocycles. The number of halogens is 1. The molecule has 2 fully saturated rings. The second-order valence-electron chi connectivity index (χ2n) is 5.89. The Morgan fingerprint density at radius 2 is 2.15 bits per heavy atom. The lowest BCUT2D eigenvalue weighted by Crippen LogP contribution is -2.66. The molecule has 2 aliphatic heterocycles. The van der Waals surface area contributed by atoms with Gasteiger partial charge in [-0.1, -0.05) is 11.6 Å². The fourth-order valence-corrected chi connectivity index (χ4v) is 3.48. The van der Waals surface area contributed by atoms with Crippen LogP contribution in [0.25, 0.3) is 0 Å². The summed E-state index contributed by atoms with van der Waals surface area (Å²) in [6.07, 6.45) is 3.32. The third kappa shape index (κ3) is 2.17. The molecule has 2 saturated heterocycles. The molecule has 0 aromatic heterocycles. The van der Waals surface area contributed by atoms with Crippen LogP contribution in [0.5, 0.6) is 5.75 Å². The Balaban J connectivity index is 1.80. The van der Waals surface area contributed by atoms with Crippen molar-refractivity contribution >= 4 is 17.5 Å². The maximum atomic E-state index is 12.6. The van der Waals surface area contributed by atoms with E-state index >= 15 is 0 Å². The van der Waals surface area contributed by atoms with Gasteiger partial charge in [0.05, 0.1) is 5.56 Å². The van der Waals surface area contributed by atoms with E-state index in [2.05, 4.69) is 11.9 Å². The SMILES string of the molecule is CN1CC[C@@]12CCCN(C(=O)c1ccc(Cl)cc1O)C2. The summed E-state index contributed by atoms with van der Waals surface area (Å²) in [5.41, 5.74) is 0.504. The standard InChI is InChI=1S/C15H19ClN2O2/c1-17-8-6-15(17)5-2-7-18(10-15)14(20)12-4-3-11(16)9-13(12)19/h3-4,9,19H,2,5-8,10H2,1H3/t15-/m1/s1. The van der Waals surface area contributed by atoms with E-state index in [-0.39, 0.29) is 17.2 Å². The summed E-state index contributed by atoms with van der Waals surface area (Å²) in [5.74, 6) is -0.136. The number of amides is 1. The van der Waals surface area contributed by atoms with Crippen molar-refractivity contribution in [3.8, 4) is 5.75 Å². The molecule has 108 valence electrons. The van der Waals surface area contributed by atoms with Gasteiger partial charge in [0.25, 0.3) is 5.91 Å². The van der Waals surface area contributed by atoms with Crippen LogP contribution < -0.4 is 0 Å². The van der Waals surface area contributed by atoms with E-state index in [9.17, 15) is 9.90 Å². The third-order valence-corrected chi connectivity index (χ3v) is 4.99. The van der Waals surface area contributed by atoms with Crippen molar-refractivity contribution in [2.24, 2.45) is 0 Å². The molecule has 2 heterocycles. The van der Waals surface area contributed by atoms with Gasteiger partial charge >= 0.3 is 0 Å². The van der Waals surface area contributed by atoms with Crippen molar-refractivity contribution in [3.05, 3.63) is 28.8 Å². The summed E-state index contributed by atoms with van der Waals surface area (Å²) >= 11 is 5.81. The van der Waals surface area contributed by atoms with Crippen LogP contribution in [0.1, 0.15) is 29.6 Å². The van der Waals surface area contributed by atoms with Gasteiger partial charge in [-0.05, 0) is 44.5 Å². The number of aromatic hydroxyl groups is 1. The third-order valence-electron chi connectivity index (χ3n) is 4.76. The van der Waals surface area contributed by atoms with Crippen LogP contribution in [0.4, 0.5) is 0 Å². The lowest BCUT2D eigenvalue weighted by molar-refractivity contribution is -0.0409. The maximum Gasteiger partial charge on any atom is 0.257 e. The zero-order valence-corrected chi connectivity index (χ0v) is 12.4. The van der Waals surface area contributed by atoms with Crippen molar-refractivity contribution in [3.63, 3.8) is 0 Å². The van der Waals surface area contributed by atoms with E-state index in [1.54, 1.807) is 12.1 Å². The van der Waals surface area contributed by atoms with Gasteiger partial charge in [0, 0.05) is 30.2 Å². The normalized spacial score (nSPS) is 26.6. The van der Waals surface area contributed by atoms with E-state index in [0.717, 1.165) is 38.9 Å². The van der Waals surface area contributed by atoms with Gasteiger partial charge < -0.3 is 10.0 Å². The van der Waals surface area contributed by atoms with E-state index in [1.165, 1.54) is 6.07 Å². The summed E-state index contributed by atoms with van der Waals surface area (Å²) in [5, 5.41) is 10.3. The Morgan fingerprint density at radius 3 is 2.75 bits per heavy atom. The van der Waals surface area contributed by atoms with Crippen LogP contribution in [-0.2, 0) is 0 Å². The lowest BCUT2D eigenvalue weighted by atomic mass is 9.78. The molecule has 0 bridgehead atoms. The molecule has 3 rings (SSSR count). The van der Waals surface area contributed by atoms with Gasteiger partial charge in [-0.3, -0.25) is 9.69 Å². The zero-order chi connectivity index (χ0) is 14.3. The highest BCUT2D eigenvalue weighted by Gasteiger charge is 2.46. The maximum absolute atomic E-state index is 12.6. The highest BCUT2D eigenvalue weighted by Crippen LogP contribution is 2.38. The van der Waals surface area contributed by atoms with Crippen LogP contribution in [0, 0.1) is 0 Å². The number of carbonyl (C=O) groups excluding carboxylic acids is 1. The summed E-state index contributed by atoms with van der Waals surface area (Å²) in [6.45, 7) is 2.62. The lowest BCUT2D eigenvalue weighted by Gasteiger charge is -2.55. The zero-order valence-electron chi connectivity index (χ0n) is 11.6. The van der Waals surface area contributed by atoms with Gasteiger partial charge in [0.1, 0.15) is 5.75 Å². The van der Waals surface area contributed by atoms with E-state index in [1.807, 2.05) is 4.90 Å². The Morgan fingerprint density at radius 1 is 1.35 bits per heavy atom. The number of likely N-dealkylation sites (tertiary alicyclic amines) is 2. The Hall–Kier alpha value is -1.26. The van der Waals surface area contributed by atoms with Gasteiger partial charge in [-0.2, -0.15) is 0 Å². The van der Waals surface area contributed by atoms with Crippen molar-refractivity contribution in [1.82, 2.24) is 9.80 Å². The molecule has 20 heavy (non-hydrogen) atoms. The second kappa shape index (κ2) is 4.93. The summed E-state index contributed by atoms with van der Waals surface area (Å²) in [4.78, 5) is 16.8. The van der Waals surface area contributed by atoms with Crippen LogP contribution >= 0.6 is 11.6 Å². The summed E-state index contributed by atoms with van der Waals surface area (Å²) in [6, 6.07) is 4.67. The number of phenolic OH excluding ortho intramolecular Hbond substituents is 1. The van der Waals surface area contributed by atoms with Crippen molar-refractivity contribution in [1.29, 1.82) is 0 Å². The van der Waals surface area contributed by atoms with Crippen LogP contribution in [0.2, 0.25) is 5.02 Å². The molecule has 1 atom stereocenters. The quantitative estimate of drug-likeness (QED) is 0.865. The van der Waals surface area contributed by atoms with Gasteiger partial charge in [0.15, 0.2) is 0 Å². The number of rotatable bonds is 1. The number of carbonyl (C=O) groups is 1. The first-order chi connectivity index (χ1) is 9.52. The van der Waals surface area contributed by atoms with Crippen LogP contribution in [0.15, 0.2) is 18.2 Å². The topological polar surface area (TPSA) is 43.8 Å². The molecule has 2 aliphatic rings. The number of hydrogen-bond donors (Lipinski definition) is 1. The number of piperidine rings is 1. The number of likely N-dealkylation sites (N-methyl/N-ethyl adjacent to an activating group) is 1. The van der Waals surface area contributed by atoms with Crippen molar-refractivity contribution < 1.29 is 9.90 Å². The second-order valence-corrected chi connectivity index (χ2v) is 6.32. The minimum Gasteiger partial charge on any atom is -0.507 e. The molecule has 0 unspecified atom stereocenters. The average Bonchev–Trinajstić information content (AvgIpc) is 2.45. The minimum absolute atomic E-state index is 0.0379. The molecule has 1 N–H and O–H groups in total. The summed E-state index contributed by atoms with van der Waals surface area (Å²) < 4.78 is 0. The molecule has 4 nitrogen and oxygen atoms in total. The molecule has 0 aliphatic carbocycles. The highest BCUT2D eigenvalue weighted by atomic mass is 35.5. The smallest absolute Gasteiger partial charge is 0.257 e. The molecular weight excluding hydrogens is 276 g/mol. The molecule has 1 aromatic carbocycles. The van der Waals surface area contributed by atoms with Gasteiger partial charge in [-0.15, -0.1) is 0 Å². The molecule has 5 heteroatoms. The van der Waals surface area contributed by atoms with Crippen LogP contribution in [-0.4, -0.2) is 53.0 Å². The fraction of sp³-hybridized carbons (Fsp3) is 0.533.